The first-order chi connectivity index (χ1) is 9.60. The average molecular weight is 278 g/mol. The topological polar surface area (TPSA) is 32.3 Å². The number of amides is 2. The lowest BCUT2D eigenvalue weighted by molar-refractivity contribution is 0.191. The average Bonchev–Trinajstić information content (AvgIpc) is 2.47. The van der Waals surface area contributed by atoms with Gasteiger partial charge in [-0.1, -0.05) is 18.6 Å². The molecule has 1 aliphatic rings. The van der Waals surface area contributed by atoms with Crippen LogP contribution >= 0.6 is 0 Å². The second-order valence-electron chi connectivity index (χ2n) is 5.72. The van der Waals surface area contributed by atoms with Gasteiger partial charge in [0.25, 0.3) is 0 Å². The molecule has 0 radical (unpaired) electrons. The summed E-state index contributed by atoms with van der Waals surface area (Å²) in [5.41, 5.74) is 1.22. The highest BCUT2D eigenvalue weighted by molar-refractivity contribution is 5.73. The van der Waals surface area contributed by atoms with Crippen LogP contribution in [0, 0.1) is 11.7 Å². The summed E-state index contributed by atoms with van der Waals surface area (Å²) < 4.78 is 13.0. The molecule has 0 saturated heterocycles. The van der Waals surface area contributed by atoms with Gasteiger partial charge in [-0.3, -0.25) is 0 Å². The predicted octanol–water partition coefficient (Wildman–Crippen LogP) is 3.37. The molecule has 1 aliphatic carbocycles. The molecule has 1 saturated carbocycles. The van der Waals surface area contributed by atoms with Crippen molar-refractivity contribution in [3.63, 3.8) is 0 Å². The molecule has 110 valence electrons. The van der Waals surface area contributed by atoms with E-state index >= 15 is 0 Å². The molecular weight excluding hydrogens is 255 g/mol. The Morgan fingerprint density at radius 3 is 2.70 bits per heavy atom. The van der Waals surface area contributed by atoms with Gasteiger partial charge in [-0.05, 0) is 48.8 Å². The highest BCUT2D eigenvalue weighted by Crippen LogP contribution is 2.36. The fourth-order valence-corrected chi connectivity index (χ4v) is 3.16. The number of halogens is 1. The highest BCUT2D eigenvalue weighted by Gasteiger charge is 2.25. The number of nitrogens with one attached hydrogen (secondary N) is 1. The summed E-state index contributed by atoms with van der Waals surface area (Å²) in [5.74, 6) is 0.842. The van der Waals surface area contributed by atoms with Crippen molar-refractivity contribution in [3.05, 3.63) is 35.6 Å². The Bertz CT molecular complexity index is 446. The van der Waals surface area contributed by atoms with E-state index in [1.165, 1.54) is 30.5 Å². The summed E-state index contributed by atoms with van der Waals surface area (Å²) >= 11 is 0. The van der Waals surface area contributed by atoms with E-state index in [0.29, 0.717) is 11.8 Å². The van der Waals surface area contributed by atoms with Gasteiger partial charge in [-0.2, -0.15) is 0 Å². The lowest BCUT2D eigenvalue weighted by Gasteiger charge is -2.32. The second kappa shape index (κ2) is 6.73. The predicted molar refractivity (Wildman–Crippen MR) is 78.2 cm³/mol. The fraction of sp³-hybridized carbons (Fsp3) is 0.562. The van der Waals surface area contributed by atoms with E-state index < -0.39 is 0 Å². The van der Waals surface area contributed by atoms with Gasteiger partial charge in [0.15, 0.2) is 0 Å². The number of nitrogens with zero attached hydrogens (tertiary/aromatic N) is 1. The zero-order chi connectivity index (χ0) is 14.5. The molecule has 1 unspecified atom stereocenters. The molecule has 3 nitrogen and oxygen atoms in total. The van der Waals surface area contributed by atoms with Gasteiger partial charge in [0, 0.05) is 20.6 Å². The van der Waals surface area contributed by atoms with Gasteiger partial charge in [0.1, 0.15) is 5.82 Å². The molecule has 1 aromatic rings. The molecule has 0 heterocycles. The number of carbonyl (C=O) groups excluding carboxylic acids is 1. The molecule has 1 N–H and O–H groups in total. The Morgan fingerprint density at radius 1 is 1.35 bits per heavy atom. The SMILES string of the molecule is CNC(=O)N(C)CC1CCC[C@@H](c2ccc(F)cc2)C1. The molecule has 2 rings (SSSR count). The summed E-state index contributed by atoms with van der Waals surface area (Å²) in [4.78, 5) is 13.3. The quantitative estimate of drug-likeness (QED) is 0.903. The van der Waals surface area contributed by atoms with Gasteiger partial charge < -0.3 is 10.2 Å². The van der Waals surface area contributed by atoms with Crippen LogP contribution in [0.4, 0.5) is 9.18 Å². The van der Waals surface area contributed by atoms with E-state index in [1.54, 1.807) is 11.9 Å². The molecule has 0 spiro atoms. The minimum Gasteiger partial charge on any atom is -0.341 e. The van der Waals surface area contributed by atoms with E-state index in [-0.39, 0.29) is 11.8 Å². The molecule has 4 heteroatoms. The maximum Gasteiger partial charge on any atom is 0.316 e. The van der Waals surface area contributed by atoms with Crippen molar-refractivity contribution < 1.29 is 9.18 Å². The van der Waals surface area contributed by atoms with Gasteiger partial charge in [-0.25, -0.2) is 9.18 Å². The third kappa shape index (κ3) is 3.71. The van der Waals surface area contributed by atoms with Crippen molar-refractivity contribution in [1.82, 2.24) is 10.2 Å². The molecule has 0 aliphatic heterocycles. The van der Waals surface area contributed by atoms with Crippen molar-refractivity contribution in [3.8, 4) is 0 Å². The number of hydrogen-bond acceptors (Lipinski definition) is 1. The molecule has 2 amide bonds. The Hall–Kier alpha value is -1.58. The Balaban J connectivity index is 1.94. The zero-order valence-corrected chi connectivity index (χ0v) is 12.2. The van der Waals surface area contributed by atoms with Crippen molar-refractivity contribution in [2.45, 2.75) is 31.6 Å². The Labute approximate surface area is 120 Å². The van der Waals surface area contributed by atoms with Crippen molar-refractivity contribution in [2.75, 3.05) is 20.6 Å². The van der Waals surface area contributed by atoms with Gasteiger partial charge in [0.2, 0.25) is 0 Å². The molecule has 20 heavy (non-hydrogen) atoms. The largest absolute Gasteiger partial charge is 0.341 e. The molecule has 0 aromatic heterocycles. The fourth-order valence-electron chi connectivity index (χ4n) is 3.16. The zero-order valence-electron chi connectivity index (χ0n) is 12.2. The first kappa shape index (κ1) is 14.8. The lowest BCUT2D eigenvalue weighted by atomic mass is 9.78. The second-order valence-corrected chi connectivity index (χ2v) is 5.72. The molecule has 2 atom stereocenters. The third-order valence-electron chi connectivity index (χ3n) is 4.22. The Morgan fingerprint density at radius 2 is 2.05 bits per heavy atom. The van der Waals surface area contributed by atoms with E-state index in [4.69, 9.17) is 0 Å². The Kier molecular flexibility index (Phi) is 4.99. The number of benzene rings is 1. The van der Waals surface area contributed by atoms with Crippen LogP contribution in [0.25, 0.3) is 0 Å². The minimum absolute atomic E-state index is 0.0334. The van der Waals surface area contributed by atoms with Crippen LogP contribution in [-0.4, -0.2) is 31.6 Å². The van der Waals surface area contributed by atoms with Crippen LogP contribution in [0.5, 0.6) is 0 Å². The normalized spacial score (nSPS) is 22.4. The summed E-state index contributed by atoms with van der Waals surface area (Å²) in [6.07, 6.45) is 4.58. The number of rotatable bonds is 3. The van der Waals surface area contributed by atoms with Crippen molar-refractivity contribution in [1.29, 1.82) is 0 Å². The van der Waals surface area contributed by atoms with E-state index in [9.17, 15) is 9.18 Å². The van der Waals surface area contributed by atoms with Crippen LogP contribution in [0.15, 0.2) is 24.3 Å². The number of urea groups is 1. The molecule has 1 fully saturated rings. The molecule has 1 aromatic carbocycles. The highest BCUT2D eigenvalue weighted by atomic mass is 19.1. The molecule has 0 bridgehead atoms. The van der Waals surface area contributed by atoms with Gasteiger partial charge in [-0.15, -0.1) is 0 Å². The summed E-state index contributed by atoms with van der Waals surface area (Å²) in [6.45, 7) is 0.789. The summed E-state index contributed by atoms with van der Waals surface area (Å²) in [6, 6.07) is 6.83. The lowest BCUT2D eigenvalue weighted by Crippen LogP contribution is -2.38. The summed E-state index contributed by atoms with van der Waals surface area (Å²) in [7, 11) is 3.49. The maximum absolute atomic E-state index is 13.0. The first-order valence-corrected chi connectivity index (χ1v) is 7.28. The van der Waals surface area contributed by atoms with E-state index in [1.807, 2.05) is 19.2 Å². The van der Waals surface area contributed by atoms with Crippen molar-refractivity contribution >= 4 is 6.03 Å². The molecular formula is C16H23FN2O. The van der Waals surface area contributed by atoms with Crippen LogP contribution in [-0.2, 0) is 0 Å². The first-order valence-electron chi connectivity index (χ1n) is 7.28. The number of hydrogen-bond donors (Lipinski definition) is 1. The van der Waals surface area contributed by atoms with Crippen molar-refractivity contribution in [2.24, 2.45) is 5.92 Å². The van der Waals surface area contributed by atoms with Crippen LogP contribution in [0.2, 0.25) is 0 Å². The monoisotopic (exact) mass is 278 g/mol. The smallest absolute Gasteiger partial charge is 0.316 e. The number of carbonyl (C=O) groups is 1. The van der Waals surface area contributed by atoms with Gasteiger partial charge in [0.05, 0.1) is 0 Å². The van der Waals surface area contributed by atoms with Crippen LogP contribution in [0.1, 0.15) is 37.2 Å². The third-order valence-corrected chi connectivity index (χ3v) is 4.22. The minimum atomic E-state index is -0.180. The summed E-state index contributed by atoms with van der Waals surface area (Å²) in [5, 5.41) is 2.65. The van der Waals surface area contributed by atoms with Crippen LogP contribution < -0.4 is 5.32 Å². The van der Waals surface area contributed by atoms with Gasteiger partial charge >= 0.3 is 6.03 Å². The van der Waals surface area contributed by atoms with E-state index in [2.05, 4.69) is 5.32 Å². The van der Waals surface area contributed by atoms with E-state index in [0.717, 1.165) is 19.4 Å². The standard InChI is InChI=1S/C16H23FN2O/c1-18-16(20)19(2)11-12-4-3-5-14(10-12)13-6-8-15(17)9-7-13/h6-9,12,14H,3-5,10-11H2,1-2H3,(H,18,20)/t12?,14-/m1/s1. The maximum atomic E-state index is 13.0. The van der Waals surface area contributed by atoms with Crippen LogP contribution in [0.3, 0.4) is 0 Å².